The number of fused-ring (bicyclic) bond motifs is 1. The van der Waals surface area contributed by atoms with Gasteiger partial charge in [-0.3, -0.25) is 9.59 Å². The number of aliphatic hydroxyl groups is 1. The van der Waals surface area contributed by atoms with Crippen molar-refractivity contribution in [3.63, 3.8) is 0 Å². The van der Waals surface area contributed by atoms with Gasteiger partial charge in [0.2, 0.25) is 0 Å². The highest BCUT2D eigenvalue weighted by atomic mass is 16.3. The Morgan fingerprint density at radius 3 is 2.71 bits per heavy atom. The molecule has 1 saturated heterocycles. The number of carbonyl (C=O) groups excluding carboxylic acids is 1. The number of aromatic nitrogens is 2. The molecule has 0 aliphatic carbocycles. The zero-order chi connectivity index (χ0) is 17.3. The third-order valence-corrected chi connectivity index (χ3v) is 4.36. The fourth-order valence-electron chi connectivity index (χ4n) is 2.96. The molecule has 3 N–H and O–H groups in total. The van der Waals surface area contributed by atoms with E-state index in [-0.39, 0.29) is 29.1 Å². The molecule has 0 spiro atoms. The average molecular weight is 330 g/mol. The third-order valence-electron chi connectivity index (χ3n) is 4.36. The summed E-state index contributed by atoms with van der Waals surface area (Å²) in [6.45, 7) is 5.28. The lowest BCUT2D eigenvalue weighted by Crippen LogP contribution is -2.36. The largest absolute Gasteiger partial charge is 0.391 e. The highest BCUT2D eigenvalue weighted by Crippen LogP contribution is 2.15. The maximum Gasteiger partial charge on any atom is 0.274 e. The molecule has 128 valence electrons. The number of hydrogen-bond acceptors (Lipinski definition) is 5. The van der Waals surface area contributed by atoms with E-state index in [4.69, 9.17) is 0 Å². The van der Waals surface area contributed by atoms with Crippen LogP contribution in [-0.2, 0) is 0 Å². The lowest BCUT2D eigenvalue weighted by atomic mass is 10.1. The summed E-state index contributed by atoms with van der Waals surface area (Å²) < 4.78 is 1.34. The van der Waals surface area contributed by atoms with E-state index < -0.39 is 6.10 Å². The van der Waals surface area contributed by atoms with E-state index >= 15 is 0 Å². The van der Waals surface area contributed by atoms with Gasteiger partial charge >= 0.3 is 0 Å². The molecule has 7 nitrogen and oxygen atoms in total. The Bertz CT molecular complexity index is 815. The van der Waals surface area contributed by atoms with Gasteiger partial charge in [0, 0.05) is 30.9 Å². The van der Waals surface area contributed by atoms with Crippen LogP contribution in [0.3, 0.4) is 0 Å². The first-order valence-electron chi connectivity index (χ1n) is 8.17. The summed E-state index contributed by atoms with van der Waals surface area (Å²) in [5.74, 6) is -0.351. The molecule has 24 heavy (non-hydrogen) atoms. The summed E-state index contributed by atoms with van der Waals surface area (Å²) in [5, 5.41) is 21.0. The predicted molar refractivity (Wildman–Crippen MR) is 91.1 cm³/mol. The number of hydrogen-bond donors (Lipinski definition) is 3. The molecule has 7 heteroatoms. The van der Waals surface area contributed by atoms with E-state index in [9.17, 15) is 14.7 Å². The van der Waals surface area contributed by atoms with Crippen LogP contribution in [0.15, 0.2) is 29.1 Å². The summed E-state index contributed by atoms with van der Waals surface area (Å²) in [4.78, 5) is 25.1. The van der Waals surface area contributed by atoms with Gasteiger partial charge in [0.1, 0.15) is 0 Å². The minimum Gasteiger partial charge on any atom is -0.391 e. The van der Waals surface area contributed by atoms with E-state index in [1.807, 2.05) is 13.8 Å². The minimum atomic E-state index is -0.459. The number of aliphatic hydroxyl groups excluding tert-OH is 1. The predicted octanol–water partition coefficient (Wildman–Crippen LogP) is 0.287. The van der Waals surface area contributed by atoms with Crippen molar-refractivity contribution in [2.45, 2.75) is 26.0 Å². The van der Waals surface area contributed by atoms with Crippen molar-refractivity contribution in [2.24, 2.45) is 5.92 Å². The number of nitrogens with one attached hydrogen (secondary N) is 2. The minimum absolute atomic E-state index is 0.0174. The zero-order valence-corrected chi connectivity index (χ0v) is 13.8. The molecule has 2 heterocycles. The molecule has 2 unspecified atom stereocenters. The molecular weight excluding hydrogens is 308 g/mol. The molecule has 0 bridgehead atoms. The first-order chi connectivity index (χ1) is 11.5. The standard InChI is InChI=1S/C17H22N4O3/c1-10(2)21-17(24)13-6-4-3-5-12(13)15(20-21)16(23)19-8-11-7-18-9-14(11)22/h3-6,10-11,14,18,22H,7-9H2,1-2H3,(H,19,23). The van der Waals surface area contributed by atoms with Gasteiger partial charge in [-0.2, -0.15) is 5.10 Å². The number of rotatable bonds is 4. The van der Waals surface area contributed by atoms with Crippen molar-refractivity contribution in [1.82, 2.24) is 20.4 Å². The van der Waals surface area contributed by atoms with Crippen molar-refractivity contribution >= 4 is 16.7 Å². The highest BCUT2D eigenvalue weighted by molar-refractivity contribution is 6.04. The fourth-order valence-corrected chi connectivity index (χ4v) is 2.96. The van der Waals surface area contributed by atoms with Crippen molar-refractivity contribution in [3.05, 3.63) is 40.3 Å². The molecular formula is C17H22N4O3. The number of nitrogens with zero attached hydrogens (tertiary/aromatic N) is 2. The Kier molecular flexibility index (Phi) is 4.64. The van der Waals surface area contributed by atoms with Crippen LogP contribution in [0.2, 0.25) is 0 Å². The molecule has 1 aromatic carbocycles. The topological polar surface area (TPSA) is 96.2 Å². The lowest BCUT2D eigenvalue weighted by molar-refractivity contribution is 0.0921. The van der Waals surface area contributed by atoms with Gasteiger partial charge in [-0.15, -0.1) is 0 Å². The fraction of sp³-hybridized carbons (Fsp3) is 0.471. The summed E-state index contributed by atoms with van der Waals surface area (Å²) in [7, 11) is 0. The Morgan fingerprint density at radius 1 is 1.38 bits per heavy atom. The van der Waals surface area contributed by atoms with Crippen LogP contribution in [-0.4, -0.2) is 46.5 Å². The second-order valence-corrected chi connectivity index (χ2v) is 6.43. The maximum atomic E-state index is 12.6. The van der Waals surface area contributed by atoms with E-state index in [1.54, 1.807) is 24.3 Å². The van der Waals surface area contributed by atoms with Gasteiger partial charge < -0.3 is 15.7 Å². The molecule has 1 aliphatic rings. The van der Waals surface area contributed by atoms with E-state index in [0.29, 0.717) is 30.4 Å². The Labute approximate surface area is 139 Å². The van der Waals surface area contributed by atoms with Crippen molar-refractivity contribution in [2.75, 3.05) is 19.6 Å². The van der Waals surface area contributed by atoms with Gasteiger partial charge in [0.05, 0.1) is 17.5 Å². The zero-order valence-electron chi connectivity index (χ0n) is 13.8. The molecule has 2 atom stereocenters. The van der Waals surface area contributed by atoms with Crippen LogP contribution in [0.4, 0.5) is 0 Å². The normalized spacial score (nSPS) is 20.7. The van der Waals surface area contributed by atoms with Crippen LogP contribution in [0.5, 0.6) is 0 Å². The lowest BCUT2D eigenvalue weighted by Gasteiger charge is -2.16. The number of β-amino-alcohol motifs (C(OH)–C–C–N with tert-alkyl or cyclic N) is 1. The first kappa shape index (κ1) is 16.6. The average Bonchev–Trinajstić information content (AvgIpc) is 2.98. The Hall–Kier alpha value is -2.25. The van der Waals surface area contributed by atoms with Gasteiger partial charge in [0.25, 0.3) is 11.5 Å². The molecule has 2 aromatic rings. The van der Waals surface area contributed by atoms with Crippen molar-refractivity contribution in [3.8, 4) is 0 Å². The highest BCUT2D eigenvalue weighted by Gasteiger charge is 2.26. The summed E-state index contributed by atoms with van der Waals surface area (Å²) >= 11 is 0. The molecule has 3 rings (SSSR count). The van der Waals surface area contributed by atoms with E-state index in [0.717, 1.165) is 0 Å². The first-order valence-corrected chi connectivity index (χ1v) is 8.17. The molecule has 0 saturated carbocycles. The smallest absolute Gasteiger partial charge is 0.274 e. The van der Waals surface area contributed by atoms with Crippen LogP contribution in [0.1, 0.15) is 30.4 Å². The van der Waals surface area contributed by atoms with E-state index in [1.165, 1.54) is 4.68 Å². The molecule has 1 aliphatic heterocycles. The third kappa shape index (κ3) is 3.05. The molecule has 1 fully saturated rings. The molecule has 1 aromatic heterocycles. The van der Waals surface area contributed by atoms with Gasteiger partial charge in [0.15, 0.2) is 5.69 Å². The van der Waals surface area contributed by atoms with Crippen molar-refractivity contribution in [1.29, 1.82) is 0 Å². The van der Waals surface area contributed by atoms with Crippen molar-refractivity contribution < 1.29 is 9.90 Å². The monoisotopic (exact) mass is 330 g/mol. The second-order valence-electron chi connectivity index (χ2n) is 6.43. The second kappa shape index (κ2) is 6.70. The summed E-state index contributed by atoms with van der Waals surface area (Å²) in [5.41, 5.74) is 0.0342. The van der Waals surface area contributed by atoms with Gasteiger partial charge in [-0.05, 0) is 19.9 Å². The van der Waals surface area contributed by atoms with Crippen LogP contribution in [0.25, 0.3) is 10.8 Å². The van der Waals surface area contributed by atoms with Gasteiger partial charge in [-0.1, -0.05) is 18.2 Å². The van der Waals surface area contributed by atoms with Crippen LogP contribution in [0, 0.1) is 5.92 Å². The number of benzene rings is 1. The molecule has 0 radical (unpaired) electrons. The SMILES string of the molecule is CC(C)n1nc(C(=O)NCC2CNCC2O)c2ccccc2c1=O. The Morgan fingerprint density at radius 2 is 2.08 bits per heavy atom. The quantitative estimate of drug-likeness (QED) is 0.749. The number of carbonyl (C=O) groups is 1. The maximum absolute atomic E-state index is 12.6. The summed E-state index contributed by atoms with van der Waals surface area (Å²) in [6.07, 6.45) is -0.459. The van der Waals surface area contributed by atoms with E-state index in [2.05, 4.69) is 15.7 Å². The van der Waals surface area contributed by atoms with Crippen LogP contribution < -0.4 is 16.2 Å². The Balaban J connectivity index is 1.94. The van der Waals surface area contributed by atoms with Gasteiger partial charge in [-0.25, -0.2) is 4.68 Å². The molecule has 1 amide bonds. The van der Waals surface area contributed by atoms with Crippen LogP contribution >= 0.6 is 0 Å². The number of amides is 1. The summed E-state index contributed by atoms with van der Waals surface area (Å²) in [6, 6.07) is 6.85.